The monoisotopic (exact) mass is 382 g/mol. The molecule has 5 heteroatoms. The molecule has 1 aliphatic rings. The summed E-state index contributed by atoms with van der Waals surface area (Å²) in [6.45, 7) is 5.70. The maximum absolute atomic E-state index is 12.5. The van der Waals surface area contributed by atoms with Gasteiger partial charge in [-0.1, -0.05) is 24.3 Å². The van der Waals surface area contributed by atoms with Crippen molar-refractivity contribution in [3.8, 4) is 0 Å². The molecular weight excluding hydrogens is 356 g/mol. The highest BCUT2D eigenvalue weighted by atomic mass is 32.2. The van der Waals surface area contributed by atoms with Gasteiger partial charge < -0.3 is 10.2 Å². The Bertz CT molecular complexity index is 829. The van der Waals surface area contributed by atoms with Crippen LogP contribution < -0.4 is 5.32 Å². The number of hydrogen-bond donors (Lipinski definition) is 1. The third kappa shape index (κ3) is 5.13. The van der Waals surface area contributed by atoms with Gasteiger partial charge in [-0.2, -0.15) is 0 Å². The van der Waals surface area contributed by atoms with Crippen LogP contribution in [0.1, 0.15) is 39.9 Å². The van der Waals surface area contributed by atoms with Crippen LogP contribution in [0.2, 0.25) is 0 Å². The number of carbonyl (C=O) groups excluding carboxylic acids is 2. The number of carbonyl (C=O) groups is 2. The molecule has 0 saturated carbocycles. The molecule has 0 aliphatic carbocycles. The van der Waals surface area contributed by atoms with Gasteiger partial charge in [0.2, 0.25) is 5.91 Å². The maximum Gasteiger partial charge on any atom is 0.253 e. The number of nitrogens with one attached hydrogen (secondary N) is 1. The van der Waals surface area contributed by atoms with Gasteiger partial charge in [-0.05, 0) is 61.6 Å². The number of rotatable bonds is 6. The number of benzene rings is 2. The minimum absolute atomic E-state index is 0.0182. The number of likely N-dealkylation sites (tertiary alicyclic amines) is 1. The van der Waals surface area contributed by atoms with Crippen LogP contribution in [0, 0.1) is 13.8 Å². The molecule has 0 bridgehead atoms. The Balaban J connectivity index is 1.53. The molecule has 27 heavy (non-hydrogen) atoms. The quantitative estimate of drug-likeness (QED) is 0.805. The molecule has 0 atom stereocenters. The normalized spacial score (nSPS) is 13.6. The van der Waals surface area contributed by atoms with Crippen LogP contribution in [0.25, 0.3) is 0 Å². The topological polar surface area (TPSA) is 49.4 Å². The molecule has 1 aliphatic heterocycles. The molecule has 2 aromatic rings. The summed E-state index contributed by atoms with van der Waals surface area (Å²) >= 11 is 1.61. The van der Waals surface area contributed by atoms with Crippen molar-refractivity contribution in [2.24, 2.45) is 0 Å². The molecule has 2 amide bonds. The van der Waals surface area contributed by atoms with Crippen LogP contribution in [0.4, 0.5) is 5.69 Å². The lowest BCUT2D eigenvalue weighted by Crippen LogP contribution is -2.27. The Morgan fingerprint density at radius 1 is 1.04 bits per heavy atom. The molecule has 2 aromatic carbocycles. The fraction of sp³-hybridized carbons (Fsp3) is 0.364. The van der Waals surface area contributed by atoms with Gasteiger partial charge in [0.15, 0.2) is 0 Å². The highest BCUT2D eigenvalue weighted by Crippen LogP contribution is 2.21. The summed E-state index contributed by atoms with van der Waals surface area (Å²) in [5, 5.41) is 2.96. The van der Waals surface area contributed by atoms with Crippen molar-refractivity contribution in [1.29, 1.82) is 0 Å². The lowest BCUT2D eigenvalue weighted by atomic mass is 10.1. The van der Waals surface area contributed by atoms with E-state index in [2.05, 4.69) is 24.4 Å². The lowest BCUT2D eigenvalue weighted by molar-refractivity contribution is -0.113. The Morgan fingerprint density at radius 3 is 2.48 bits per heavy atom. The standard InChI is InChI=1S/C22H26N2O2S/c1-16-7-3-4-8-19(16)14-27-15-21(25)23-20-10-9-18(13-17(20)2)22(26)24-11-5-6-12-24/h3-4,7-10,13H,5-6,11-12,14-15H2,1-2H3,(H,23,25). The first kappa shape index (κ1) is 19.5. The van der Waals surface area contributed by atoms with Gasteiger partial charge in [0, 0.05) is 30.1 Å². The first-order valence-electron chi connectivity index (χ1n) is 9.36. The first-order chi connectivity index (χ1) is 13.0. The zero-order valence-corrected chi connectivity index (χ0v) is 16.8. The zero-order chi connectivity index (χ0) is 19.2. The SMILES string of the molecule is Cc1ccccc1CSCC(=O)Nc1ccc(C(=O)N2CCCC2)cc1C. The van der Waals surface area contributed by atoms with Crippen LogP contribution in [-0.4, -0.2) is 35.6 Å². The van der Waals surface area contributed by atoms with Crippen molar-refractivity contribution in [1.82, 2.24) is 4.90 Å². The molecule has 0 radical (unpaired) electrons. The summed E-state index contributed by atoms with van der Waals surface area (Å²) in [5.41, 5.74) is 4.89. The smallest absolute Gasteiger partial charge is 0.253 e. The molecule has 0 unspecified atom stereocenters. The van der Waals surface area contributed by atoms with E-state index in [1.807, 2.05) is 42.2 Å². The summed E-state index contributed by atoms with van der Waals surface area (Å²) in [6.07, 6.45) is 2.16. The minimum atomic E-state index is -0.0182. The summed E-state index contributed by atoms with van der Waals surface area (Å²) in [4.78, 5) is 26.6. The van der Waals surface area contributed by atoms with Crippen molar-refractivity contribution in [3.63, 3.8) is 0 Å². The van der Waals surface area contributed by atoms with Crippen molar-refractivity contribution < 1.29 is 9.59 Å². The summed E-state index contributed by atoms with van der Waals surface area (Å²) in [6, 6.07) is 13.8. The average molecular weight is 383 g/mol. The van der Waals surface area contributed by atoms with Gasteiger partial charge in [-0.15, -0.1) is 11.8 Å². The van der Waals surface area contributed by atoms with E-state index < -0.39 is 0 Å². The summed E-state index contributed by atoms with van der Waals surface area (Å²) < 4.78 is 0. The Hall–Kier alpha value is -2.27. The molecule has 1 N–H and O–H groups in total. The van der Waals surface area contributed by atoms with Crippen LogP contribution in [0.5, 0.6) is 0 Å². The number of aryl methyl sites for hydroxylation is 2. The second kappa shape index (κ2) is 9.09. The molecule has 3 rings (SSSR count). The van der Waals surface area contributed by atoms with E-state index in [4.69, 9.17) is 0 Å². The Labute approximate surface area is 165 Å². The van der Waals surface area contributed by atoms with E-state index in [1.54, 1.807) is 11.8 Å². The highest BCUT2D eigenvalue weighted by molar-refractivity contribution is 7.99. The number of amides is 2. The van der Waals surface area contributed by atoms with Gasteiger partial charge in [-0.3, -0.25) is 9.59 Å². The fourth-order valence-corrected chi connectivity index (χ4v) is 4.16. The highest BCUT2D eigenvalue weighted by Gasteiger charge is 2.20. The van der Waals surface area contributed by atoms with Crippen molar-refractivity contribution in [3.05, 3.63) is 64.7 Å². The van der Waals surface area contributed by atoms with Crippen LogP contribution in [0.15, 0.2) is 42.5 Å². The zero-order valence-electron chi connectivity index (χ0n) is 16.0. The largest absolute Gasteiger partial charge is 0.339 e. The van der Waals surface area contributed by atoms with E-state index >= 15 is 0 Å². The van der Waals surface area contributed by atoms with Crippen LogP contribution >= 0.6 is 11.8 Å². The van der Waals surface area contributed by atoms with E-state index in [1.165, 1.54) is 11.1 Å². The molecular formula is C22H26N2O2S. The van der Waals surface area contributed by atoms with Crippen LogP contribution in [-0.2, 0) is 10.5 Å². The molecule has 142 valence electrons. The van der Waals surface area contributed by atoms with E-state index in [0.717, 1.165) is 42.9 Å². The predicted molar refractivity (Wildman–Crippen MR) is 112 cm³/mol. The average Bonchev–Trinajstić information content (AvgIpc) is 3.19. The predicted octanol–water partition coefficient (Wildman–Crippen LogP) is 4.41. The Morgan fingerprint density at radius 2 is 1.78 bits per heavy atom. The van der Waals surface area contributed by atoms with E-state index in [-0.39, 0.29) is 11.8 Å². The summed E-state index contributed by atoms with van der Waals surface area (Å²) in [5.74, 6) is 1.29. The first-order valence-corrected chi connectivity index (χ1v) is 10.5. The number of hydrogen-bond acceptors (Lipinski definition) is 3. The second-order valence-electron chi connectivity index (χ2n) is 7.00. The number of nitrogens with zero attached hydrogens (tertiary/aromatic N) is 1. The van der Waals surface area contributed by atoms with Gasteiger partial charge in [0.05, 0.1) is 5.75 Å². The molecule has 4 nitrogen and oxygen atoms in total. The maximum atomic E-state index is 12.5. The van der Waals surface area contributed by atoms with Crippen molar-refractivity contribution in [2.75, 3.05) is 24.2 Å². The van der Waals surface area contributed by atoms with Gasteiger partial charge in [0.1, 0.15) is 0 Å². The van der Waals surface area contributed by atoms with Crippen molar-refractivity contribution in [2.45, 2.75) is 32.4 Å². The van der Waals surface area contributed by atoms with E-state index in [0.29, 0.717) is 11.3 Å². The fourth-order valence-electron chi connectivity index (χ4n) is 3.25. The summed E-state index contributed by atoms with van der Waals surface area (Å²) in [7, 11) is 0. The molecule has 0 spiro atoms. The Kier molecular flexibility index (Phi) is 6.56. The number of thioether (sulfide) groups is 1. The van der Waals surface area contributed by atoms with Gasteiger partial charge in [0.25, 0.3) is 5.91 Å². The van der Waals surface area contributed by atoms with E-state index in [9.17, 15) is 9.59 Å². The second-order valence-corrected chi connectivity index (χ2v) is 7.98. The third-order valence-corrected chi connectivity index (χ3v) is 5.87. The third-order valence-electron chi connectivity index (χ3n) is 4.89. The number of anilines is 1. The molecule has 1 fully saturated rings. The molecule has 1 saturated heterocycles. The minimum Gasteiger partial charge on any atom is -0.339 e. The van der Waals surface area contributed by atoms with Crippen LogP contribution in [0.3, 0.4) is 0 Å². The lowest BCUT2D eigenvalue weighted by Gasteiger charge is -2.16. The van der Waals surface area contributed by atoms with Gasteiger partial charge in [-0.25, -0.2) is 0 Å². The molecule has 1 heterocycles. The van der Waals surface area contributed by atoms with Gasteiger partial charge >= 0.3 is 0 Å². The molecule has 0 aromatic heterocycles. The van der Waals surface area contributed by atoms with Crippen molar-refractivity contribution >= 4 is 29.3 Å².